The zero-order valence-electron chi connectivity index (χ0n) is 13.5. The Bertz CT molecular complexity index is 731. The molecule has 1 heterocycles. The molecular weight excluding hydrogens is 368 g/mol. The smallest absolute Gasteiger partial charge is 0.239 e. The third kappa shape index (κ3) is 3.51. The highest BCUT2D eigenvalue weighted by atomic mass is 79.9. The lowest BCUT2D eigenvalue weighted by Gasteiger charge is -2.21. The van der Waals surface area contributed by atoms with Crippen LogP contribution in [0.15, 0.2) is 59.1 Å². The van der Waals surface area contributed by atoms with E-state index in [1.54, 1.807) is 16.8 Å². The average Bonchev–Trinajstić information content (AvgIpc) is 2.97. The van der Waals surface area contributed by atoms with Crippen molar-refractivity contribution in [1.29, 1.82) is 0 Å². The number of benzene rings is 2. The Morgan fingerprint density at radius 3 is 2.50 bits per heavy atom. The minimum atomic E-state index is -0.581. The van der Waals surface area contributed by atoms with Gasteiger partial charge in [-0.15, -0.1) is 0 Å². The van der Waals surface area contributed by atoms with Crippen LogP contribution in [-0.2, 0) is 16.1 Å². The Morgan fingerprint density at radius 1 is 1.17 bits per heavy atom. The second-order valence-corrected chi connectivity index (χ2v) is 6.90. The van der Waals surface area contributed by atoms with Gasteiger partial charge in [0.1, 0.15) is 5.92 Å². The first-order valence-electron chi connectivity index (χ1n) is 7.92. The van der Waals surface area contributed by atoms with E-state index in [2.05, 4.69) is 15.9 Å². The Balaban J connectivity index is 1.68. The number of anilines is 1. The SMILES string of the molecule is CN(Cc1ccccc1)C(=O)C1CCN(c2ccc(Br)cc2)C1=O. The van der Waals surface area contributed by atoms with Crippen LogP contribution >= 0.6 is 15.9 Å². The van der Waals surface area contributed by atoms with Crippen LogP contribution in [0.1, 0.15) is 12.0 Å². The van der Waals surface area contributed by atoms with Crippen LogP contribution in [0.2, 0.25) is 0 Å². The second kappa shape index (κ2) is 7.18. The molecule has 3 rings (SSSR count). The summed E-state index contributed by atoms with van der Waals surface area (Å²) in [6, 6.07) is 17.4. The topological polar surface area (TPSA) is 40.6 Å². The van der Waals surface area contributed by atoms with Crippen molar-refractivity contribution in [2.45, 2.75) is 13.0 Å². The molecule has 1 fully saturated rings. The highest BCUT2D eigenvalue weighted by Gasteiger charge is 2.38. The van der Waals surface area contributed by atoms with Crippen molar-refractivity contribution < 1.29 is 9.59 Å². The largest absolute Gasteiger partial charge is 0.341 e. The van der Waals surface area contributed by atoms with E-state index >= 15 is 0 Å². The summed E-state index contributed by atoms with van der Waals surface area (Å²) in [5.74, 6) is -0.798. The molecule has 2 aromatic carbocycles. The van der Waals surface area contributed by atoms with Gasteiger partial charge in [0, 0.05) is 30.3 Å². The quantitative estimate of drug-likeness (QED) is 0.754. The molecule has 1 unspecified atom stereocenters. The van der Waals surface area contributed by atoms with E-state index in [-0.39, 0.29) is 11.8 Å². The van der Waals surface area contributed by atoms with Crippen LogP contribution in [0.4, 0.5) is 5.69 Å². The molecule has 0 spiro atoms. The van der Waals surface area contributed by atoms with Crippen molar-refractivity contribution in [2.24, 2.45) is 5.92 Å². The summed E-state index contributed by atoms with van der Waals surface area (Å²) in [5.41, 5.74) is 1.90. The molecule has 0 bridgehead atoms. The van der Waals surface area contributed by atoms with Gasteiger partial charge in [0.25, 0.3) is 0 Å². The summed E-state index contributed by atoms with van der Waals surface area (Å²) >= 11 is 3.39. The first-order valence-corrected chi connectivity index (χ1v) is 8.71. The number of amides is 2. The number of carbonyl (C=O) groups is 2. The minimum absolute atomic E-state index is 0.108. The van der Waals surface area contributed by atoms with Crippen LogP contribution in [0, 0.1) is 5.92 Å². The number of hydrogen-bond acceptors (Lipinski definition) is 2. The predicted molar refractivity (Wildman–Crippen MR) is 97.5 cm³/mol. The van der Waals surface area contributed by atoms with Gasteiger partial charge >= 0.3 is 0 Å². The molecule has 124 valence electrons. The molecule has 1 aliphatic rings. The van der Waals surface area contributed by atoms with E-state index in [1.807, 2.05) is 54.6 Å². The van der Waals surface area contributed by atoms with E-state index in [0.717, 1.165) is 15.7 Å². The summed E-state index contributed by atoms with van der Waals surface area (Å²) in [4.78, 5) is 28.7. The Hall–Kier alpha value is -2.14. The Morgan fingerprint density at radius 2 is 1.83 bits per heavy atom. The van der Waals surface area contributed by atoms with E-state index in [1.165, 1.54) is 0 Å². The molecular formula is C19H19BrN2O2. The lowest BCUT2D eigenvalue weighted by molar-refractivity contribution is -0.139. The first-order chi connectivity index (χ1) is 11.6. The highest BCUT2D eigenvalue weighted by molar-refractivity contribution is 9.10. The van der Waals surface area contributed by atoms with Crippen molar-refractivity contribution in [3.63, 3.8) is 0 Å². The van der Waals surface area contributed by atoms with Crippen LogP contribution in [0.5, 0.6) is 0 Å². The molecule has 1 aliphatic heterocycles. The fourth-order valence-electron chi connectivity index (χ4n) is 2.99. The zero-order valence-corrected chi connectivity index (χ0v) is 15.1. The fourth-order valence-corrected chi connectivity index (χ4v) is 3.25. The van der Waals surface area contributed by atoms with E-state index in [0.29, 0.717) is 19.5 Å². The molecule has 1 saturated heterocycles. The second-order valence-electron chi connectivity index (χ2n) is 5.99. The van der Waals surface area contributed by atoms with Crippen molar-refractivity contribution in [1.82, 2.24) is 4.90 Å². The molecule has 2 amide bonds. The molecule has 2 aromatic rings. The van der Waals surface area contributed by atoms with Gasteiger partial charge in [-0.3, -0.25) is 9.59 Å². The Labute approximate surface area is 150 Å². The predicted octanol–water partition coefficient (Wildman–Crippen LogP) is 3.46. The third-order valence-electron chi connectivity index (χ3n) is 4.28. The lowest BCUT2D eigenvalue weighted by atomic mass is 10.1. The highest BCUT2D eigenvalue weighted by Crippen LogP contribution is 2.27. The molecule has 0 N–H and O–H groups in total. The van der Waals surface area contributed by atoms with Crippen molar-refractivity contribution >= 4 is 33.4 Å². The summed E-state index contributed by atoms with van der Waals surface area (Å²) in [6.07, 6.45) is 0.562. The van der Waals surface area contributed by atoms with Gasteiger partial charge in [-0.1, -0.05) is 46.3 Å². The molecule has 1 atom stereocenters. The van der Waals surface area contributed by atoms with Crippen molar-refractivity contribution in [3.05, 3.63) is 64.6 Å². The fraction of sp³-hybridized carbons (Fsp3) is 0.263. The standard InChI is InChI=1S/C19H19BrN2O2/c1-21(13-14-5-3-2-4-6-14)18(23)17-11-12-22(19(17)24)16-9-7-15(20)8-10-16/h2-10,17H,11-13H2,1H3. The molecule has 5 heteroatoms. The molecule has 24 heavy (non-hydrogen) atoms. The normalized spacial score (nSPS) is 17.2. The van der Waals surface area contributed by atoms with Gasteiger partial charge in [-0.25, -0.2) is 0 Å². The summed E-state index contributed by atoms with van der Waals surface area (Å²) in [5, 5.41) is 0. The summed E-state index contributed by atoms with van der Waals surface area (Å²) < 4.78 is 0.966. The number of halogens is 1. The maximum Gasteiger partial charge on any atom is 0.239 e. The van der Waals surface area contributed by atoms with Gasteiger partial charge in [0.15, 0.2) is 0 Å². The maximum atomic E-state index is 12.7. The van der Waals surface area contributed by atoms with Gasteiger partial charge < -0.3 is 9.80 Å². The molecule has 0 aromatic heterocycles. The number of nitrogens with zero attached hydrogens (tertiary/aromatic N) is 2. The molecule has 4 nitrogen and oxygen atoms in total. The summed E-state index contributed by atoms with van der Waals surface area (Å²) in [7, 11) is 1.75. The number of rotatable bonds is 4. The monoisotopic (exact) mass is 386 g/mol. The average molecular weight is 387 g/mol. The zero-order chi connectivity index (χ0) is 17.1. The van der Waals surface area contributed by atoms with Gasteiger partial charge in [0.05, 0.1) is 0 Å². The number of hydrogen-bond donors (Lipinski definition) is 0. The minimum Gasteiger partial charge on any atom is -0.341 e. The molecule has 0 saturated carbocycles. The van der Waals surface area contributed by atoms with Gasteiger partial charge in [-0.2, -0.15) is 0 Å². The van der Waals surface area contributed by atoms with E-state index in [4.69, 9.17) is 0 Å². The van der Waals surface area contributed by atoms with Crippen LogP contribution < -0.4 is 4.90 Å². The van der Waals surface area contributed by atoms with E-state index in [9.17, 15) is 9.59 Å². The first kappa shape index (κ1) is 16.7. The van der Waals surface area contributed by atoms with E-state index < -0.39 is 5.92 Å². The van der Waals surface area contributed by atoms with Crippen LogP contribution in [0.3, 0.4) is 0 Å². The third-order valence-corrected chi connectivity index (χ3v) is 4.81. The lowest BCUT2D eigenvalue weighted by Crippen LogP contribution is -2.37. The Kier molecular flexibility index (Phi) is 5.00. The molecule has 0 radical (unpaired) electrons. The molecule has 0 aliphatic carbocycles. The van der Waals surface area contributed by atoms with Crippen LogP contribution in [0.25, 0.3) is 0 Å². The van der Waals surface area contributed by atoms with Crippen molar-refractivity contribution in [3.8, 4) is 0 Å². The van der Waals surface area contributed by atoms with Crippen LogP contribution in [-0.4, -0.2) is 30.3 Å². The van der Waals surface area contributed by atoms with Gasteiger partial charge in [0.2, 0.25) is 11.8 Å². The maximum absolute atomic E-state index is 12.7. The summed E-state index contributed by atoms with van der Waals surface area (Å²) in [6.45, 7) is 1.10. The number of carbonyl (C=O) groups excluding carboxylic acids is 2. The van der Waals surface area contributed by atoms with Gasteiger partial charge in [-0.05, 0) is 36.2 Å². The van der Waals surface area contributed by atoms with Crippen molar-refractivity contribution in [2.75, 3.05) is 18.5 Å².